The zero-order chi connectivity index (χ0) is 22.7. The van der Waals surface area contributed by atoms with Crippen LogP contribution in [-0.2, 0) is 11.2 Å². The normalized spacial score (nSPS) is 12.5. The number of aromatic nitrogens is 2. The molecule has 2 aromatic carbocycles. The maximum atomic E-state index is 11.6. The first-order chi connectivity index (χ1) is 15.5. The summed E-state index contributed by atoms with van der Waals surface area (Å²) in [6.45, 7) is 2.11. The lowest BCUT2D eigenvalue weighted by molar-refractivity contribution is 0.0698. The Labute approximate surface area is 191 Å². The van der Waals surface area contributed by atoms with E-state index >= 15 is 0 Å². The lowest BCUT2D eigenvalue weighted by Gasteiger charge is -2.22. The van der Waals surface area contributed by atoms with Gasteiger partial charge in [-0.3, -0.25) is 0 Å². The second-order valence-corrected chi connectivity index (χ2v) is 7.93. The summed E-state index contributed by atoms with van der Waals surface area (Å²) in [5.74, 6) is 0.456. The number of benzene rings is 2. The van der Waals surface area contributed by atoms with Crippen molar-refractivity contribution in [3.8, 4) is 0 Å². The highest BCUT2D eigenvalue weighted by Crippen LogP contribution is 2.36. The molecule has 0 fully saturated rings. The fourth-order valence-electron chi connectivity index (χ4n) is 3.68. The zero-order valence-electron chi connectivity index (χ0n) is 17.9. The Bertz CT molecular complexity index is 1140. The van der Waals surface area contributed by atoms with Crippen molar-refractivity contribution in [2.75, 3.05) is 49.0 Å². The summed E-state index contributed by atoms with van der Waals surface area (Å²) in [5.41, 5.74) is 3.68. The lowest BCUT2D eigenvalue weighted by Crippen LogP contribution is -2.25. The number of carbonyl (C=O) groups is 1. The van der Waals surface area contributed by atoms with Gasteiger partial charge in [0, 0.05) is 49.8 Å². The van der Waals surface area contributed by atoms with Gasteiger partial charge in [-0.15, -0.1) is 0 Å². The standard InChI is InChI=1S/C23H24ClN5O3/c1-28(11-12-32-2)23-25-9-7-21(27-23)29-10-8-15-13-17(4-6-20(15)29)26-19-5-3-16(24)14-18(19)22(30)31/h3-7,9,13-14,26H,8,10-12H2,1-2H3,(H,30,31). The van der Waals surface area contributed by atoms with Gasteiger partial charge < -0.3 is 25.0 Å². The molecule has 2 N–H and O–H groups in total. The van der Waals surface area contributed by atoms with Gasteiger partial charge in [0.05, 0.1) is 17.9 Å². The molecule has 9 heteroatoms. The van der Waals surface area contributed by atoms with Crippen molar-refractivity contribution in [1.82, 2.24) is 9.97 Å². The summed E-state index contributed by atoms with van der Waals surface area (Å²) in [6, 6.07) is 12.7. The van der Waals surface area contributed by atoms with E-state index in [-0.39, 0.29) is 5.56 Å². The quantitative estimate of drug-likeness (QED) is 0.520. The van der Waals surface area contributed by atoms with Crippen molar-refractivity contribution in [3.05, 3.63) is 64.8 Å². The highest BCUT2D eigenvalue weighted by Gasteiger charge is 2.23. The monoisotopic (exact) mass is 453 g/mol. The number of rotatable bonds is 8. The lowest BCUT2D eigenvalue weighted by atomic mass is 10.1. The number of nitrogens with one attached hydrogen (secondary N) is 1. The number of likely N-dealkylation sites (N-methyl/N-ethyl adjacent to an activating group) is 1. The summed E-state index contributed by atoms with van der Waals surface area (Å²) in [7, 11) is 3.61. The Kier molecular flexibility index (Phi) is 6.43. The van der Waals surface area contributed by atoms with Gasteiger partial charge in [-0.1, -0.05) is 11.6 Å². The van der Waals surface area contributed by atoms with Gasteiger partial charge >= 0.3 is 5.97 Å². The third-order valence-electron chi connectivity index (χ3n) is 5.34. The van der Waals surface area contributed by atoms with E-state index in [9.17, 15) is 9.90 Å². The van der Waals surface area contributed by atoms with E-state index in [1.165, 1.54) is 6.07 Å². The Morgan fingerprint density at radius 2 is 2.12 bits per heavy atom. The Hall–Kier alpha value is -3.36. The topological polar surface area (TPSA) is 90.8 Å². The van der Waals surface area contributed by atoms with E-state index in [1.807, 2.05) is 36.2 Å². The van der Waals surface area contributed by atoms with Gasteiger partial charge in [-0.05, 0) is 54.4 Å². The van der Waals surface area contributed by atoms with Crippen LogP contribution in [0.3, 0.4) is 0 Å². The average molecular weight is 454 g/mol. The molecule has 0 spiro atoms. The Morgan fingerprint density at radius 3 is 2.91 bits per heavy atom. The van der Waals surface area contributed by atoms with Crippen molar-refractivity contribution in [2.45, 2.75) is 6.42 Å². The molecule has 0 bridgehead atoms. The second kappa shape index (κ2) is 9.42. The molecule has 0 radical (unpaired) electrons. The van der Waals surface area contributed by atoms with Gasteiger partial charge in [-0.25, -0.2) is 9.78 Å². The molecule has 0 unspecified atom stereocenters. The number of hydrogen-bond acceptors (Lipinski definition) is 7. The minimum atomic E-state index is -1.03. The number of carboxylic acids is 1. The number of carboxylic acid groups (broad SMARTS) is 1. The van der Waals surface area contributed by atoms with Crippen LogP contribution in [0.2, 0.25) is 5.02 Å². The van der Waals surface area contributed by atoms with Gasteiger partial charge in [-0.2, -0.15) is 4.98 Å². The Morgan fingerprint density at radius 1 is 1.28 bits per heavy atom. The predicted molar refractivity (Wildman–Crippen MR) is 126 cm³/mol. The first kappa shape index (κ1) is 21.9. The van der Waals surface area contributed by atoms with Crippen molar-refractivity contribution in [2.24, 2.45) is 0 Å². The van der Waals surface area contributed by atoms with Gasteiger partial charge in [0.25, 0.3) is 0 Å². The molecule has 0 aliphatic carbocycles. The molecule has 32 heavy (non-hydrogen) atoms. The van der Waals surface area contributed by atoms with E-state index < -0.39 is 5.97 Å². The fourth-order valence-corrected chi connectivity index (χ4v) is 3.85. The summed E-state index contributed by atoms with van der Waals surface area (Å²) in [4.78, 5) is 24.8. The highest BCUT2D eigenvalue weighted by atomic mass is 35.5. The van der Waals surface area contributed by atoms with E-state index in [4.69, 9.17) is 21.3 Å². The fraction of sp³-hybridized carbons (Fsp3) is 0.261. The van der Waals surface area contributed by atoms with Crippen LogP contribution < -0.4 is 15.1 Å². The summed E-state index contributed by atoms with van der Waals surface area (Å²) in [5, 5.41) is 13.1. The van der Waals surface area contributed by atoms with E-state index in [2.05, 4.69) is 15.2 Å². The van der Waals surface area contributed by atoms with E-state index in [0.717, 1.165) is 35.7 Å². The van der Waals surface area contributed by atoms with Crippen molar-refractivity contribution in [3.63, 3.8) is 0 Å². The summed E-state index contributed by atoms with van der Waals surface area (Å²) in [6.07, 6.45) is 2.62. The largest absolute Gasteiger partial charge is 0.478 e. The number of aromatic carboxylic acids is 1. The Balaban J connectivity index is 1.56. The van der Waals surface area contributed by atoms with Crippen molar-refractivity contribution < 1.29 is 14.6 Å². The van der Waals surface area contributed by atoms with Crippen LogP contribution in [-0.4, -0.2) is 54.9 Å². The maximum absolute atomic E-state index is 11.6. The van der Waals surface area contributed by atoms with Crippen LogP contribution in [0.25, 0.3) is 0 Å². The van der Waals surface area contributed by atoms with E-state index in [1.54, 1.807) is 25.4 Å². The van der Waals surface area contributed by atoms with Crippen LogP contribution in [0.1, 0.15) is 15.9 Å². The predicted octanol–water partition coefficient (Wildman–Crippen LogP) is 4.35. The molecule has 4 rings (SSSR count). The minimum absolute atomic E-state index is 0.130. The molecular formula is C23H24ClN5O3. The van der Waals surface area contributed by atoms with Gasteiger partial charge in [0.15, 0.2) is 0 Å². The van der Waals surface area contributed by atoms with E-state index in [0.29, 0.717) is 29.8 Å². The number of halogens is 1. The molecule has 1 aliphatic heterocycles. The molecule has 1 aliphatic rings. The zero-order valence-corrected chi connectivity index (χ0v) is 18.6. The molecule has 3 aromatic rings. The maximum Gasteiger partial charge on any atom is 0.337 e. The van der Waals surface area contributed by atoms with Crippen LogP contribution in [0, 0.1) is 0 Å². The number of anilines is 5. The summed E-state index contributed by atoms with van der Waals surface area (Å²) < 4.78 is 5.14. The van der Waals surface area contributed by atoms with Crippen LogP contribution >= 0.6 is 11.6 Å². The highest BCUT2D eigenvalue weighted by molar-refractivity contribution is 6.31. The number of fused-ring (bicyclic) bond motifs is 1. The minimum Gasteiger partial charge on any atom is -0.478 e. The molecule has 166 valence electrons. The van der Waals surface area contributed by atoms with Gasteiger partial charge in [0.1, 0.15) is 5.82 Å². The number of hydrogen-bond donors (Lipinski definition) is 2. The first-order valence-electron chi connectivity index (χ1n) is 10.2. The second-order valence-electron chi connectivity index (χ2n) is 7.49. The smallest absolute Gasteiger partial charge is 0.337 e. The molecule has 0 saturated carbocycles. The molecule has 1 aromatic heterocycles. The van der Waals surface area contributed by atoms with Crippen LogP contribution in [0.15, 0.2) is 48.7 Å². The molecule has 0 amide bonds. The molecule has 0 atom stereocenters. The third-order valence-corrected chi connectivity index (χ3v) is 5.58. The number of nitrogens with zero attached hydrogens (tertiary/aromatic N) is 4. The van der Waals surface area contributed by atoms with Crippen molar-refractivity contribution in [1.29, 1.82) is 0 Å². The molecule has 2 heterocycles. The average Bonchev–Trinajstić information content (AvgIpc) is 3.22. The molecule has 0 saturated heterocycles. The molecular weight excluding hydrogens is 430 g/mol. The molecule has 8 nitrogen and oxygen atoms in total. The first-order valence-corrected chi connectivity index (χ1v) is 10.6. The van der Waals surface area contributed by atoms with Crippen LogP contribution in [0.5, 0.6) is 0 Å². The summed E-state index contributed by atoms with van der Waals surface area (Å²) >= 11 is 5.95. The third kappa shape index (κ3) is 4.61. The SMILES string of the molecule is COCCN(C)c1nccc(N2CCc3cc(Nc4ccc(Cl)cc4C(=O)O)ccc32)n1. The van der Waals surface area contributed by atoms with Crippen molar-refractivity contribution >= 4 is 46.4 Å². The van der Waals surface area contributed by atoms with Gasteiger partial charge in [0.2, 0.25) is 5.95 Å². The van der Waals surface area contributed by atoms with Crippen LogP contribution in [0.4, 0.5) is 28.8 Å². The number of ether oxygens (including phenoxy) is 1. The number of methoxy groups -OCH3 is 1.